The summed E-state index contributed by atoms with van der Waals surface area (Å²) in [4.78, 5) is 0. The lowest BCUT2D eigenvalue weighted by Crippen LogP contribution is -2.42. The van der Waals surface area contributed by atoms with Crippen molar-refractivity contribution in [2.75, 3.05) is 13.2 Å². The molecule has 0 aromatic carbocycles. The summed E-state index contributed by atoms with van der Waals surface area (Å²) < 4.78 is 11.2. The van der Waals surface area contributed by atoms with Crippen molar-refractivity contribution in [3.05, 3.63) is 12.7 Å². The van der Waals surface area contributed by atoms with E-state index in [9.17, 15) is 0 Å². The van der Waals surface area contributed by atoms with Crippen LogP contribution in [0.15, 0.2) is 12.7 Å². The molecule has 2 aliphatic heterocycles. The zero-order chi connectivity index (χ0) is 11.9. The average Bonchev–Trinajstić information content (AvgIpc) is 2.39. The van der Waals surface area contributed by atoms with Crippen LogP contribution in [0, 0.1) is 0 Å². The first kappa shape index (κ1) is 16.0. The van der Waals surface area contributed by atoms with E-state index in [0.29, 0.717) is 12.1 Å². The summed E-state index contributed by atoms with van der Waals surface area (Å²) in [6.45, 7) is 5.55. The minimum atomic E-state index is 0. The molecule has 0 amide bonds. The van der Waals surface area contributed by atoms with Crippen LogP contribution in [0.25, 0.3) is 0 Å². The van der Waals surface area contributed by atoms with Gasteiger partial charge in [-0.15, -0.1) is 19.0 Å². The first-order valence-corrected chi connectivity index (χ1v) is 6.98. The SMILES string of the molecule is C=CCC1CCCC(CCC2OCCCO2)N1.Cl. The largest absolute Gasteiger partial charge is 0.353 e. The maximum atomic E-state index is 5.58. The highest BCUT2D eigenvalue weighted by Gasteiger charge is 2.22. The zero-order valence-electron chi connectivity index (χ0n) is 11.1. The van der Waals surface area contributed by atoms with E-state index in [4.69, 9.17) is 9.47 Å². The Labute approximate surface area is 117 Å². The number of hydrogen-bond donors (Lipinski definition) is 1. The number of rotatable bonds is 5. The van der Waals surface area contributed by atoms with Gasteiger partial charge in [0.25, 0.3) is 0 Å². The van der Waals surface area contributed by atoms with Crippen molar-refractivity contribution in [3.8, 4) is 0 Å². The van der Waals surface area contributed by atoms with Gasteiger partial charge in [-0.05, 0) is 38.5 Å². The smallest absolute Gasteiger partial charge is 0.157 e. The van der Waals surface area contributed by atoms with Gasteiger partial charge >= 0.3 is 0 Å². The summed E-state index contributed by atoms with van der Waals surface area (Å²) in [5.74, 6) is 0. The number of ether oxygens (including phenoxy) is 2. The minimum absolute atomic E-state index is 0. The molecule has 2 rings (SSSR count). The third kappa shape index (κ3) is 5.27. The van der Waals surface area contributed by atoms with Crippen molar-refractivity contribution in [2.24, 2.45) is 0 Å². The van der Waals surface area contributed by atoms with Crippen molar-refractivity contribution in [3.63, 3.8) is 0 Å². The van der Waals surface area contributed by atoms with Crippen molar-refractivity contribution in [2.45, 2.75) is 63.3 Å². The molecule has 0 aromatic rings. The molecule has 0 radical (unpaired) electrons. The molecule has 2 saturated heterocycles. The summed E-state index contributed by atoms with van der Waals surface area (Å²) in [7, 11) is 0. The fourth-order valence-corrected chi connectivity index (χ4v) is 2.77. The topological polar surface area (TPSA) is 30.5 Å². The molecule has 2 aliphatic rings. The van der Waals surface area contributed by atoms with Crippen LogP contribution in [-0.2, 0) is 9.47 Å². The summed E-state index contributed by atoms with van der Waals surface area (Å²) >= 11 is 0. The number of hydrogen-bond acceptors (Lipinski definition) is 3. The summed E-state index contributed by atoms with van der Waals surface area (Å²) in [5.41, 5.74) is 0. The second-order valence-electron chi connectivity index (χ2n) is 5.12. The van der Waals surface area contributed by atoms with Crippen LogP contribution in [0.3, 0.4) is 0 Å². The standard InChI is InChI=1S/C14H25NO2.ClH/c1-2-5-12-6-3-7-13(15-12)8-9-14-16-10-4-11-17-14;/h2,12-15H,1,3-11H2;1H. The van der Waals surface area contributed by atoms with Crippen LogP contribution < -0.4 is 5.32 Å². The first-order chi connectivity index (χ1) is 8.38. The van der Waals surface area contributed by atoms with Crippen LogP contribution in [-0.4, -0.2) is 31.6 Å². The molecule has 2 fully saturated rings. The normalized spacial score (nSPS) is 29.6. The van der Waals surface area contributed by atoms with E-state index < -0.39 is 0 Å². The van der Waals surface area contributed by atoms with Gasteiger partial charge in [-0.2, -0.15) is 0 Å². The molecule has 18 heavy (non-hydrogen) atoms. The quantitative estimate of drug-likeness (QED) is 0.783. The van der Waals surface area contributed by atoms with E-state index in [1.807, 2.05) is 6.08 Å². The van der Waals surface area contributed by atoms with Crippen LogP contribution in [0.5, 0.6) is 0 Å². The van der Waals surface area contributed by atoms with Crippen LogP contribution in [0.1, 0.15) is 44.9 Å². The lowest BCUT2D eigenvalue weighted by atomic mass is 9.94. The fourth-order valence-electron chi connectivity index (χ4n) is 2.77. The van der Waals surface area contributed by atoms with Crippen LogP contribution in [0.4, 0.5) is 0 Å². The predicted molar refractivity (Wildman–Crippen MR) is 76.2 cm³/mol. The van der Waals surface area contributed by atoms with Gasteiger partial charge in [-0.3, -0.25) is 0 Å². The van der Waals surface area contributed by atoms with Gasteiger partial charge in [-0.1, -0.05) is 12.5 Å². The Balaban J connectivity index is 0.00000162. The second-order valence-corrected chi connectivity index (χ2v) is 5.12. The van der Waals surface area contributed by atoms with E-state index in [0.717, 1.165) is 38.9 Å². The molecule has 3 nitrogen and oxygen atoms in total. The van der Waals surface area contributed by atoms with Crippen molar-refractivity contribution < 1.29 is 9.47 Å². The van der Waals surface area contributed by atoms with E-state index in [2.05, 4.69) is 11.9 Å². The third-order valence-electron chi connectivity index (χ3n) is 3.67. The van der Waals surface area contributed by atoms with E-state index in [1.165, 1.54) is 19.3 Å². The molecule has 2 heterocycles. The Bertz CT molecular complexity index is 232. The number of piperidine rings is 1. The monoisotopic (exact) mass is 275 g/mol. The van der Waals surface area contributed by atoms with Crippen molar-refractivity contribution in [1.29, 1.82) is 0 Å². The van der Waals surface area contributed by atoms with Crippen LogP contribution in [0.2, 0.25) is 0 Å². The fraction of sp³-hybridized carbons (Fsp3) is 0.857. The van der Waals surface area contributed by atoms with Gasteiger partial charge in [0.15, 0.2) is 6.29 Å². The highest BCUT2D eigenvalue weighted by molar-refractivity contribution is 5.85. The molecular formula is C14H26ClNO2. The van der Waals surface area contributed by atoms with E-state index in [1.54, 1.807) is 0 Å². The molecule has 4 heteroatoms. The zero-order valence-corrected chi connectivity index (χ0v) is 11.9. The summed E-state index contributed by atoms with van der Waals surface area (Å²) in [6.07, 6.45) is 10.3. The summed E-state index contributed by atoms with van der Waals surface area (Å²) in [6, 6.07) is 1.28. The van der Waals surface area contributed by atoms with Gasteiger partial charge in [0, 0.05) is 12.1 Å². The second kappa shape index (κ2) is 8.92. The number of nitrogens with one attached hydrogen (secondary N) is 1. The Kier molecular flexibility index (Phi) is 7.91. The molecule has 2 atom stereocenters. The van der Waals surface area contributed by atoms with Crippen molar-refractivity contribution in [1.82, 2.24) is 5.32 Å². The predicted octanol–water partition coefficient (Wildman–Crippen LogP) is 3.04. The Morgan fingerprint density at radius 2 is 1.78 bits per heavy atom. The maximum Gasteiger partial charge on any atom is 0.157 e. The van der Waals surface area contributed by atoms with Crippen molar-refractivity contribution >= 4 is 12.4 Å². The van der Waals surface area contributed by atoms with E-state index >= 15 is 0 Å². The molecule has 106 valence electrons. The van der Waals surface area contributed by atoms with Gasteiger partial charge in [-0.25, -0.2) is 0 Å². The molecular weight excluding hydrogens is 250 g/mol. The molecule has 0 aromatic heterocycles. The molecule has 1 N–H and O–H groups in total. The Morgan fingerprint density at radius 3 is 2.50 bits per heavy atom. The molecule has 0 aliphatic carbocycles. The highest BCUT2D eigenvalue weighted by atomic mass is 35.5. The molecule has 2 unspecified atom stereocenters. The Hall–Kier alpha value is -0.0900. The van der Waals surface area contributed by atoms with Crippen LogP contribution >= 0.6 is 12.4 Å². The van der Waals surface area contributed by atoms with Gasteiger partial charge in [0.2, 0.25) is 0 Å². The first-order valence-electron chi connectivity index (χ1n) is 6.98. The lowest BCUT2D eigenvalue weighted by molar-refractivity contribution is -0.182. The van der Waals surface area contributed by atoms with Gasteiger partial charge < -0.3 is 14.8 Å². The number of halogens is 1. The summed E-state index contributed by atoms with van der Waals surface area (Å²) in [5, 5.41) is 3.71. The van der Waals surface area contributed by atoms with Gasteiger partial charge in [0.05, 0.1) is 13.2 Å². The molecule has 0 saturated carbocycles. The average molecular weight is 276 g/mol. The molecule has 0 spiro atoms. The molecule has 0 bridgehead atoms. The highest BCUT2D eigenvalue weighted by Crippen LogP contribution is 2.20. The minimum Gasteiger partial charge on any atom is -0.353 e. The third-order valence-corrected chi connectivity index (χ3v) is 3.67. The maximum absolute atomic E-state index is 5.58. The lowest BCUT2D eigenvalue weighted by Gasteiger charge is -2.32. The van der Waals surface area contributed by atoms with E-state index in [-0.39, 0.29) is 18.7 Å². The Morgan fingerprint density at radius 1 is 1.06 bits per heavy atom. The van der Waals surface area contributed by atoms with Gasteiger partial charge in [0.1, 0.15) is 0 Å².